The van der Waals surface area contributed by atoms with Crippen LogP contribution in [0.1, 0.15) is 26.3 Å². The van der Waals surface area contributed by atoms with E-state index in [1.807, 2.05) is 0 Å². The number of aliphatic hydroxyl groups is 1. The van der Waals surface area contributed by atoms with Gasteiger partial charge in [-0.3, -0.25) is 9.59 Å². The lowest BCUT2D eigenvalue weighted by Gasteiger charge is -2.31. The molecule has 0 amide bonds. The van der Waals surface area contributed by atoms with Crippen LogP contribution in [0.2, 0.25) is 0 Å². The van der Waals surface area contributed by atoms with Crippen LogP contribution in [-0.2, 0) is 14.3 Å². The summed E-state index contributed by atoms with van der Waals surface area (Å²) in [5.74, 6) is -0.938. The lowest BCUT2D eigenvalue weighted by molar-refractivity contribution is -0.126. The molecule has 1 aromatic rings. The Bertz CT molecular complexity index is 776. The van der Waals surface area contributed by atoms with Gasteiger partial charge in [-0.1, -0.05) is 18.2 Å². The van der Waals surface area contributed by atoms with Gasteiger partial charge in [-0.15, -0.1) is 0 Å². The largest absolute Gasteiger partial charge is 0.508 e. The Morgan fingerprint density at radius 2 is 1.75 bits per heavy atom. The van der Waals surface area contributed by atoms with E-state index in [9.17, 15) is 19.8 Å². The number of benzene rings is 1. The van der Waals surface area contributed by atoms with Crippen LogP contribution >= 0.6 is 0 Å². The van der Waals surface area contributed by atoms with Gasteiger partial charge in [0.15, 0.2) is 11.6 Å². The van der Waals surface area contributed by atoms with Crippen LogP contribution in [0.25, 0.3) is 6.08 Å². The summed E-state index contributed by atoms with van der Waals surface area (Å²) < 4.78 is 5.24. The van der Waals surface area contributed by atoms with E-state index >= 15 is 0 Å². The van der Waals surface area contributed by atoms with Gasteiger partial charge in [-0.05, 0) is 44.5 Å². The van der Waals surface area contributed by atoms with Crippen LogP contribution < -0.4 is 0 Å². The molecule has 0 saturated heterocycles. The second-order valence-corrected chi connectivity index (χ2v) is 6.13. The molecule has 0 fully saturated rings. The molecule has 1 aliphatic carbocycles. The van der Waals surface area contributed by atoms with Crippen molar-refractivity contribution in [1.82, 2.24) is 0 Å². The van der Waals surface area contributed by atoms with Crippen LogP contribution in [-0.4, -0.2) is 28.9 Å². The van der Waals surface area contributed by atoms with Gasteiger partial charge < -0.3 is 14.9 Å². The molecule has 0 bridgehead atoms. The highest BCUT2D eigenvalue weighted by atomic mass is 16.5. The standard InChI is InChI=1S/C19H20O5/c1-11-16(22)15(17(23)19(2,3)18(11)24-4)14(21)10-7-12-5-8-13(20)9-6-12/h5-10,20,22H,1-4H3. The number of ketones is 2. The SMILES string of the molecule is COC1=C(C)C(O)=C(C(=O)C=Cc2ccc(O)cc2)C(=O)C1(C)C. The minimum absolute atomic E-state index is 0.121. The number of rotatable bonds is 4. The predicted molar refractivity (Wildman–Crippen MR) is 90.3 cm³/mol. The minimum Gasteiger partial charge on any atom is -0.508 e. The van der Waals surface area contributed by atoms with Crippen molar-refractivity contribution in [3.63, 3.8) is 0 Å². The van der Waals surface area contributed by atoms with E-state index in [2.05, 4.69) is 0 Å². The Hall–Kier alpha value is -2.82. The number of carbonyl (C=O) groups excluding carboxylic acids is 2. The zero-order valence-corrected chi connectivity index (χ0v) is 14.1. The van der Waals surface area contributed by atoms with E-state index in [4.69, 9.17) is 4.74 Å². The Morgan fingerprint density at radius 1 is 1.17 bits per heavy atom. The molecule has 2 rings (SSSR count). The maximum atomic E-state index is 12.6. The lowest BCUT2D eigenvalue weighted by Crippen LogP contribution is -2.36. The number of carbonyl (C=O) groups is 2. The van der Waals surface area contributed by atoms with Crippen LogP contribution in [0.5, 0.6) is 5.75 Å². The summed E-state index contributed by atoms with van der Waals surface area (Å²) in [5.41, 5.74) is -0.201. The molecule has 126 valence electrons. The Kier molecular flexibility index (Phi) is 4.64. The third-order valence-electron chi connectivity index (χ3n) is 4.07. The van der Waals surface area contributed by atoms with Crippen LogP contribution in [0.4, 0.5) is 0 Å². The zero-order valence-electron chi connectivity index (χ0n) is 14.1. The fourth-order valence-corrected chi connectivity index (χ4v) is 2.76. The molecule has 0 saturated carbocycles. The third-order valence-corrected chi connectivity index (χ3v) is 4.07. The summed E-state index contributed by atoms with van der Waals surface area (Å²) in [6.45, 7) is 4.92. The van der Waals surface area contributed by atoms with Crippen molar-refractivity contribution in [3.05, 3.63) is 58.6 Å². The highest BCUT2D eigenvalue weighted by Crippen LogP contribution is 2.40. The summed E-state index contributed by atoms with van der Waals surface area (Å²) in [6.07, 6.45) is 2.75. The molecular weight excluding hydrogens is 308 g/mol. The maximum absolute atomic E-state index is 12.6. The molecule has 24 heavy (non-hydrogen) atoms. The molecule has 0 radical (unpaired) electrons. The van der Waals surface area contributed by atoms with Gasteiger partial charge in [0.2, 0.25) is 0 Å². The van der Waals surface area contributed by atoms with Crippen molar-refractivity contribution in [2.75, 3.05) is 7.11 Å². The molecule has 2 N–H and O–H groups in total. The van der Waals surface area contributed by atoms with Crippen LogP contribution in [0.15, 0.2) is 53.0 Å². The number of phenolic OH excluding ortho intramolecular Hbond substituents is 1. The molecule has 0 heterocycles. The molecule has 0 spiro atoms. The summed E-state index contributed by atoms with van der Waals surface area (Å²) in [6, 6.07) is 6.25. The predicted octanol–water partition coefficient (Wildman–Crippen LogP) is 3.32. The van der Waals surface area contributed by atoms with Crippen molar-refractivity contribution in [3.8, 4) is 5.75 Å². The van der Waals surface area contributed by atoms with E-state index in [0.717, 1.165) is 0 Å². The first-order valence-corrected chi connectivity index (χ1v) is 7.45. The number of hydrogen-bond donors (Lipinski definition) is 2. The van der Waals surface area contributed by atoms with Crippen molar-refractivity contribution in [1.29, 1.82) is 0 Å². The maximum Gasteiger partial charge on any atom is 0.193 e. The van der Waals surface area contributed by atoms with Crippen molar-refractivity contribution >= 4 is 17.6 Å². The molecule has 0 aromatic heterocycles. The van der Waals surface area contributed by atoms with Gasteiger partial charge >= 0.3 is 0 Å². The van der Waals surface area contributed by atoms with Gasteiger partial charge in [0.25, 0.3) is 0 Å². The second kappa shape index (κ2) is 6.35. The number of phenols is 1. The van der Waals surface area contributed by atoms with Gasteiger partial charge in [-0.2, -0.15) is 0 Å². The fourth-order valence-electron chi connectivity index (χ4n) is 2.76. The molecule has 0 unspecified atom stereocenters. The first kappa shape index (κ1) is 17.5. The molecule has 1 aliphatic rings. The highest BCUT2D eigenvalue weighted by Gasteiger charge is 2.44. The number of Topliss-reactive ketones (excluding diaryl/α,β-unsaturated/α-hetero) is 1. The summed E-state index contributed by atoms with van der Waals surface area (Å²) in [7, 11) is 1.43. The normalized spacial score (nSPS) is 17.6. The minimum atomic E-state index is -1.03. The molecular formula is C19H20O5. The summed E-state index contributed by atoms with van der Waals surface area (Å²) in [4.78, 5) is 25.1. The number of aliphatic hydroxyl groups excluding tert-OH is 1. The Labute approximate surface area is 140 Å². The van der Waals surface area contributed by atoms with Gasteiger partial charge in [-0.25, -0.2) is 0 Å². The topological polar surface area (TPSA) is 83.8 Å². The number of ether oxygens (including phenoxy) is 1. The van der Waals surface area contributed by atoms with E-state index in [0.29, 0.717) is 16.9 Å². The Morgan fingerprint density at radius 3 is 2.29 bits per heavy atom. The van der Waals surface area contributed by atoms with Crippen molar-refractivity contribution in [2.45, 2.75) is 20.8 Å². The lowest BCUT2D eigenvalue weighted by atomic mass is 9.74. The van der Waals surface area contributed by atoms with E-state index in [1.54, 1.807) is 32.9 Å². The smallest absolute Gasteiger partial charge is 0.193 e. The number of aromatic hydroxyl groups is 1. The quantitative estimate of drug-likeness (QED) is 0.654. The van der Waals surface area contributed by atoms with Crippen molar-refractivity contribution in [2.24, 2.45) is 5.41 Å². The summed E-state index contributed by atoms with van der Waals surface area (Å²) >= 11 is 0. The van der Waals surface area contributed by atoms with E-state index < -0.39 is 17.0 Å². The Balaban J connectivity index is 2.40. The molecule has 0 atom stereocenters. The fraction of sp³-hybridized carbons (Fsp3) is 0.263. The highest BCUT2D eigenvalue weighted by molar-refractivity contribution is 6.28. The first-order chi connectivity index (χ1) is 11.2. The first-order valence-electron chi connectivity index (χ1n) is 7.45. The van der Waals surface area contributed by atoms with Gasteiger partial charge in [0, 0.05) is 5.57 Å². The van der Waals surface area contributed by atoms with Crippen LogP contribution in [0.3, 0.4) is 0 Å². The second-order valence-electron chi connectivity index (χ2n) is 6.13. The van der Waals surface area contributed by atoms with Crippen molar-refractivity contribution < 1.29 is 24.5 Å². The summed E-state index contributed by atoms with van der Waals surface area (Å²) in [5, 5.41) is 19.5. The number of methoxy groups -OCH3 is 1. The average Bonchev–Trinajstić information content (AvgIpc) is 2.53. The van der Waals surface area contributed by atoms with E-state index in [-0.39, 0.29) is 17.1 Å². The third kappa shape index (κ3) is 2.97. The average molecular weight is 328 g/mol. The monoisotopic (exact) mass is 328 g/mol. The van der Waals surface area contributed by atoms with Gasteiger partial charge in [0.1, 0.15) is 22.8 Å². The van der Waals surface area contributed by atoms with E-state index in [1.165, 1.54) is 31.4 Å². The molecule has 5 heteroatoms. The zero-order chi connectivity index (χ0) is 18.1. The van der Waals surface area contributed by atoms with Crippen LogP contribution in [0, 0.1) is 5.41 Å². The van der Waals surface area contributed by atoms with Gasteiger partial charge in [0.05, 0.1) is 12.5 Å². The number of allylic oxidation sites excluding steroid dienone is 4. The molecule has 5 nitrogen and oxygen atoms in total. The molecule has 1 aromatic carbocycles. The number of hydrogen-bond acceptors (Lipinski definition) is 5. The molecule has 0 aliphatic heterocycles.